The lowest BCUT2D eigenvalue weighted by atomic mass is 10.2. The van der Waals surface area contributed by atoms with Gasteiger partial charge in [-0.3, -0.25) is 0 Å². The molecular formula is C15H21NO2. The van der Waals surface area contributed by atoms with E-state index in [0.717, 1.165) is 24.4 Å². The van der Waals surface area contributed by atoms with Gasteiger partial charge < -0.3 is 9.64 Å². The number of benzene rings is 1. The molecule has 0 saturated heterocycles. The van der Waals surface area contributed by atoms with Crippen LogP contribution in [0, 0.1) is 0 Å². The predicted octanol–water partition coefficient (Wildman–Crippen LogP) is 3.02. The van der Waals surface area contributed by atoms with E-state index in [0.29, 0.717) is 6.42 Å². The van der Waals surface area contributed by atoms with Gasteiger partial charge in [-0.1, -0.05) is 31.2 Å². The molecule has 0 saturated carbocycles. The van der Waals surface area contributed by atoms with Crippen molar-refractivity contribution in [3.05, 3.63) is 42.0 Å². The number of nitrogens with zero attached hydrogens (tertiary/aromatic N) is 1. The van der Waals surface area contributed by atoms with Crippen molar-refractivity contribution in [2.24, 2.45) is 0 Å². The number of carbonyl (C=O) groups is 1. The summed E-state index contributed by atoms with van der Waals surface area (Å²) in [4.78, 5) is 13.7. The first-order chi connectivity index (χ1) is 8.72. The molecule has 0 aliphatic heterocycles. The maximum Gasteiger partial charge on any atom is 0.333 e. The van der Waals surface area contributed by atoms with Crippen LogP contribution in [0.15, 0.2) is 42.0 Å². The number of esters is 1. The van der Waals surface area contributed by atoms with Crippen LogP contribution in [0.4, 0.5) is 5.69 Å². The van der Waals surface area contributed by atoms with Gasteiger partial charge in [-0.15, -0.1) is 0 Å². The molecule has 0 aliphatic rings. The summed E-state index contributed by atoms with van der Waals surface area (Å²) in [6, 6.07) is 10.2. The van der Waals surface area contributed by atoms with E-state index in [2.05, 4.69) is 24.0 Å². The molecule has 0 unspecified atom stereocenters. The van der Waals surface area contributed by atoms with E-state index in [4.69, 9.17) is 4.74 Å². The molecule has 3 nitrogen and oxygen atoms in total. The fourth-order valence-corrected chi connectivity index (χ4v) is 1.78. The van der Waals surface area contributed by atoms with Crippen LogP contribution in [-0.4, -0.2) is 26.2 Å². The summed E-state index contributed by atoms with van der Waals surface area (Å²) in [7, 11) is 1.42. The molecule has 1 rings (SSSR count). The fourth-order valence-electron chi connectivity index (χ4n) is 1.78. The molecule has 0 atom stereocenters. The Balaban J connectivity index is 2.75. The van der Waals surface area contributed by atoms with Crippen LogP contribution in [0.2, 0.25) is 0 Å². The highest BCUT2D eigenvalue weighted by molar-refractivity contribution is 5.88. The van der Waals surface area contributed by atoms with Crippen LogP contribution in [0.1, 0.15) is 20.3 Å². The molecule has 0 heterocycles. The van der Waals surface area contributed by atoms with Gasteiger partial charge in [0.05, 0.1) is 7.11 Å². The zero-order valence-corrected chi connectivity index (χ0v) is 11.3. The molecule has 3 heteroatoms. The van der Waals surface area contributed by atoms with Gasteiger partial charge in [0.25, 0.3) is 0 Å². The SMILES string of the molecule is CCC(=CCN(CC)c1ccccc1)C(=O)OC. The molecule has 0 spiro atoms. The topological polar surface area (TPSA) is 29.5 Å². The Kier molecular flexibility index (Phi) is 5.98. The van der Waals surface area contributed by atoms with Gasteiger partial charge in [0.2, 0.25) is 0 Å². The Morgan fingerprint density at radius 2 is 1.94 bits per heavy atom. The zero-order valence-electron chi connectivity index (χ0n) is 11.3. The number of methoxy groups -OCH3 is 1. The molecule has 18 heavy (non-hydrogen) atoms. The van der Waals surface area contributed by atoms with Gasteiger partial charge in [0.1, 0.15) is 0 Å². The number of ether oxygens (including phenoxy) is 1. The molecule has 0 aromatic heterocycles. The molecular weight excluding hydrogens is 226 g/mol. The summed E-state index contributed by atoms with van der Waals surface area (Å²) in [5.74, 6) is -0.235. The van der Waals surface area contributed by atoms with Crippen molar-refractivity contribution in [1.82, 2.24) is 0 Å². The summed E-state index contributed by atoms with van der Waals surface area (Å²) in [6.07, 6.45) is 2.64. The van der Waals surface area contributed by atoms with E-state index in [1.165, 1.54) is 7.11 Å². The first kappa shape index (κ1) is 14.3. The van der Waals surface area contributed by atoms with Gasteiger partial charge >= 0.3 is 5.97 Å². The molecule has 0 fully saturated rings. The van der Waals surface area contributed by atoms with Crippen molar-refractivity contribution in [1.29, 1.82) is 0 Å². The number of likely N-dealkylation sites (N-methyl/N-ethyl adjacent to an activating group) is 1. The summed E-state index contributed by atoms with van der Waals surface area (Å²) >= 11 is 0. The van der Waals surface area contributed by atoms with Gasteiger partial charge in [-0.25, -0.2) is 4.79 Å². The number of anilines is 1. The van der Waals surface area contributed by atoms with E-state index in [9.17, 15) is 4.79 Å². The van der Waals surface area contributed by atoms with Crippen LogP contribution in [0.25, 0.3) is 0 Å². The quantitative estimate of drug-likeness (QED) is 0.571. The Hall–Kier alpha value is -1.77. The third-order valence-electron chi connectivity index (χ3n) is 2.89. The van der Waals surface area contributed by atoms with Crippen molar-refractivity contribution in [3.63, 3.8) is 0 Å². The van der Waals surface area contributed by atoms with E-state index < -0.39 is 0 Å². The summed E-state index contributed by atoms with van der Waals surface area (Å²) < 4.78 is 4.75. The van der Waals surface area contributed by atoms with Crippen molar-refractivity contribution >= 4 is 11.7 Å². The van der Waals surface area contributed by atoms with Crippen LogP contribution >= 0.6 is 0 Å². The normalized spacial score (nSPS) is 11.2. The Bertz CT molecular complexity index is 398. The number of rotatable bonds is 6. The largest absolute Gasteiger partial charge is 0.466 e. The van der Waals surface area contributed by atoms with Crippen LogP contribution < -0.4 is 4.90 Å². The second-order valence-electron chi connectivity index (χ2n) is 3.95. The van der Waals surface area contributed by atoms with Crippen LogP contribution in [0.5, 0.6) is 0 Å². The standard InChI is InChI=1S/C15H21NO2/c1-4-13(15(17)18-3)11-12-16(5-2)14-9-7-6-8-10-14/h6-11H,4-5,12H2,1-3H3. The number of hydrogen-bond acceptors (Lipinski definition) is 3. The minimum atomic E-state index is -0.235. The summed E-state index contributed by atoms with van der Waals surface area (Å²) in [6.45, 7) is 5.68. The minimum absolute atomic E-state index is 0.235. The molecule has 1 aromatic rings. The van der Waals surface area contributed by atoms with Crippen LogP contribution in [0.3, 0.4) is 0 Å². The van der Waals surface area contributed by atoms with E-state index in [1.807, 2.05) is 31.2 Å². The highest BCUT2D eigenvalue weighted by atomic mass is 16.5. The molecule has 98 valence electrons. The van der Waals surface area contributed by atoms with Crippen molar-refractivity contribution in [2.45, 2.75) is 20.3 Å². The van der Waals surface area contributed by atoms with Crippen LogP contribution in [-0.2, 0) is 9.53 Å². The van der Waals surface area contributed by atoms with Gasteiger partial charge in [0.15, 0.2) is 0 Å². The number of carbonyl (C=O) groups excluding carboxylic acids is 1. The third-order valence-corrected chi connectivity index (χ3v) is 2.89. The Labute approximate surface area is 109 Å². The third kappa shape index (κ3) is 3.91. The zero-order chi connectivity index (χ0) is 13.4. The summed E-state index contributed by atoms with van der Waals surface area (Å²) in [5, 5.41) is 0. The first-order valence-corrected chi connectivity index (χ1v) is 6.30. The molecule has 0 bridgehead atoms. The lowest BCUT2D eigenvalue weighted by Gasteiger charge is -2.21. The average Bonchev–Trinajstić information content (AvgIpc) is 2.44. The van der Waals surface area contributed by atoms with Gasteiger partial charge in [-0.05, 0) is 25.5 Å². The molecule has 0 amide bonds. The molecule has 0 N–H and O–H groups in total. The highest BCUT2D eigenvalue weighted by Crippen LogP contribution is 2.13. The highest BCUT2D eigenvalue weighted by Gasteiger charge is 2.08. The van der Waals surface area contributed by atoms with Crippen molar-refractivity contribution < 1.29 is 9.53 Å². The lowest BCUT2D eigenvalue weighted by Crippen LogP contribution is -2.23. The number of hydrogen-bond donors (Lipinski definition) is 0. The predicted molar refractivity (Wildman–Crippen MR) is 74.7 cm³/mol. The van der Waals surface area contributed by atoms with E-state index in [1.54, 1.807) is 0 Å². The number of para-hydroxylation sites is 1. The van der Waals surface area contributed by atoms with Crippen molar-refractivity contribution in [2.75, 3.05) is 25.1 Å². The maximum atomic E-state index is 11.5. The first-order valence-electron chi connectivity index (χ1n) is 6.30. The molecule has 0 radical (unpaired) electrons. The Morgan fingerprint density at radius 1 is 1.28 bits per heavy atom. The maximum absolute atomic E-state index is 11.5. The minimum Gasteiger partial charge on any atom is -0.466 e. The Morgan fingerprint density at radius 3 is 2.44 bits per heavy atom. The van der Waals surface area contributed by atoms with Gasteiger partial charge in [0, 0.05) is 24.4 Å². The molecule has 0 aliphatic carbocycles. The van der Waals surface area contributed by atoms with E-state index >= 15 is 0 Å². The van der Waals surface area contributed by atoms with E-state index in [-0.39, 0.29) is 5.97 Å². The summed E-state index contributed by atoms with van der Waals surface area (Å²) in [5.41, 5.74) is 1.89. The van der Waals surface area contributed by atoms with Gasteiger partial charge in [-0.2, -0.15) is 0 Å². The van der Waals surface area contributed by atoms with Crippen molar-refractivity contribution in [3.8, 4) is 0 Å². The second-order valence-corrected chi connectivity index (χ2v) is 3.95. The smallest absolute Gasteiger partial charge is 0.333 e. The molecule has 1 aromatic carbocycles. The second kappa shape index (κ2) is 7.54. The lowest BCUT2D eigenvalue weighted by molar-refractivity contribution is -0.136. The fraction of sp³-hybridized carbons (Fsp3) is 0.400. The monoisotopic (exact) mass is 247 g/mol. The average molecular weight is 247 g/mol.